The van der Waals surface area contributed by atoms with Crippen LogP contribution in [0.3, 0.4) is 0 Å². The second-order valence-corrected chi connectivity index (χ2v) is 4.11. The van der Waals surface area contributed by atoms with E-state index in [0.717, 1.165) is 16.6 Å². The van der Waals surface area contributed by atoms with Gasteiger partial charge in [-0.05, 0) is 18.2 Å². The first-order valence-electron chi connectivity index (χ1n) is 5.58. The normalized spacial score (nSPS) is 10.5. The number of nitrogens with two attached hydrogens (primary N) is 2. The molecule has 2 heterocycles. The number of imidazole rings is 1. The smallest absolute Gasteiger partial charge is 0.142 e. The summed E-state index contributed by atoms with van der Waals surface area (Å²) in [5.74, 6) is 0.177. The van der Waals surface area contributed by atoms with Crippen LogP contribution in [0.25, 0.3) is 22.3 Å². The Labute approximate surface area is 108 Å². The molecule has 0 bridgehead atoms. The van der Waals surface area contributed by atoms with Crippen LogP contribution in [-0.4, -0.2) is 15.0 Å². The molecule has 6 nitrogen and oxygen atoms in total. The van der Waals surface area contributed by atoms with Crippen molar-refractivity contribution in [2.75, 3.05) is 11.5 Å². The van der Waals surface area contributed by atoms with Gasteiger partial charge in [0, 0.05) is 5.56 Å². The second-order valence-electron chi connectivity index (χ2n) is 4.11. The summed E-state index contributed by atoms with van der Waals surface area (Å²) in [6, 6.07) is 9.13. The summed E-state index contributed by atoms with van der Waals surface area (Å²) in [4.78, 5) is 11.4. The molecule has 3 aromatic rings. The average molecular weight is 250 g/mol. The van der Waals surface area contributed by atoms with E-state index in [-0.39, 0.29) is 11.4 Å². The Morgan fingerprint density at radius 2 is 2.05 bits per heavy atom. The number of hydrogen-bond acceptors (Lipinski definition) is 5. The molecule has 6 heteroatoms. The van der Waals surface area contributed by atoms with Crippen molar-refractivity contribution in [3.05, 3.63) is 36.2 Å². The second kappa shape index (κ2) is 3.99. The van der Waals surface area contributed by atoms with Crippen molar-refractivity contribution < 1.29 is 0 Å². The molecule has 0 unspecified atom stereocenters. The molecule has 0 saturated heterocycles. The van der Waals surface area contributed by atoms with Gasteiger partial charge in [0.25, 0.3) is 0 Å². The SMILES string of the molecule is N#Cc1cc(N)c(-c2ccc3nc[nH]c3c2)nc1N. The molecule has 0 radical (unpaired) electrons. The predicted molar refractivity (Wildman–Crippen MR) is 72.9 cm³/mol. The number of benzene rings is 1. The summed E-state index contributed by atoms with van der Waals surface area (Å²) in [7, 11) is 0. The average Bonchev–Trinajstić information content (AvgIpc) is 2.88. The molecule has 0 spiro atoms. The van der Waals surface area contributed by atoms with E-state index in [1.54, 1.807) is 6.33 Å². The summed E-state index contributed by atoms with van der Waals surface area (Å²) >= 11 is 0. The number of aromatic nitrogens is 3. The van der Waals surface area contributed by atoms with Crippen molar-refractivity contribution in [2.45, 2.75) is 0 Å². The topological polar surface area (TPSA) is 117 Å². The van der Waals surface area contributed by atoms with Crippen molar-refractivity contribution in [1.82, 2.24) is 15.0 Å². The number of nitrogen functional groups attached to an aromatic ring is 2. The van der Waals surface area contributed by atoms with E-state index in [1.807, 2.05) is 24.3 Å². The van der Waals surface area contributed by atoms with E-state index in [1.165, 1.54) is 6.07 Å². The quantitative estimate of drug-likeness (QED) is 0.607. The van der Waals surface area contributed by atoms with Gasteiger partial charge in [0.2, 0.25) is 0 Å². The molecule has 92 valence electrons. The maximum absolute atomic E-state index is 8.88. The number of hydrogen-bond donors (Lipinski definition) is 3. The maximum Gasteiger partial charge on any atom is 0.142 e. The monoisotopic (exact) mass is 250 g/mol. The summed E-state index contributed by atoms with van der Waals surface area (Å²) in [6.07, 6.45) is 1.62. The van der Waals surface area contributed by atoms with Crippen molar-refractivity contribution >= 4 is 22.5 Å². The Bertz CT molecular complexity index is 812. The zero-order valence-corrected chi connectivity index (χ0v) is 9.88. The van der Waals surface area contributed by atoms with Crippen molar-refractivity contribution in [3.63, 3.8) is 0 Å². The van der Waals surface area contributed by atoms with E-state index < -0.39 is 0 Å². The van der Waals surface area contributed by atoms with E-state index >= 15 is 0 Å². The number of pyridine rings is 1. The van der Waals surface area contributed by atoms with Gasteiger partial charge in [0.15, 0.2) is 0 Å². The number of nitriles is 1. The fourth-order valence-electron chi connectivity index (χ4n) is 1.95. The molecule has 0 atom stereocenters. The van der Waals surface area contributed by atoms with Gasteiger partial charge < -0.3 is 16.5 Å². The first-order valence-corrected chi connectivity index (χ1v) is 5.58. The van der Waals surface area contributed by atoms with Crippen LogP contribution in [0.1, 0.15) is 5.56 Å². The first kappa shape index (κ1) is 11.0. The summed E-state index contributed by atoms with van der Waals surface area (Å²) in [5, 5.41) is 8.88. The van der Waals surface area contributed by atoms with Crippen LogP contribution in [0, 0.1) is 11.3 Å². The van der Waals surface area contributed by atoms with Gasteiger partial charge in [-0.1, -0.05) is 6.07 Å². The number of H-pyrrole nitrogens is 1. The van der Waals surface area contributed by atoms with Crippen molar-refractivity contribution in [3.8, 4) is 17.3 Å². The van der Waals surface area contributed by atoms with Crippen LogP contribution in [-0.2, 0) is 0 Å². The van der Waals surface area contributed by atoms with Crippen LogP contribution < -0.4 is 11.5 Å². The first-order chi connectivity index (χ1) is 9.19. The molecule has 2 aromatic heterocycles. The summed E-state index contributed by atoms with van der Waals surface area (Å²) in [5.41, 5.74) is 15.5. The van der Waals surface area contributed by atoms with E-state index in [0.29, 0.717) is 11.4 Å². The fourth-order valence-corrected chi connectivity index (χ4v) is 1.95. The third-order valence-corrected chi connectivity index (χ3v) is 2.90. The number of rotatable bonds is 1. The highest BCUT2D eigenvalue weighted by atomic mass is 14.9. The largest absolute Gasteiger partial charge is 0.397 e. The summed E-state index contributed by atoms with van der Waals surface area (Å²) in [6.45, 7) is 0. The van der Waals surface area contributed by atoms with Gasteiger partial charge in [0.05, 0.1) is 34.3 Å². The molecular weight excluding hydrogens is 240 g/mol. The number of anilines is 2. The molecule has 19 heavy (non-hydrogen) atoms. The lowest BCUT2D eigenvalue weighted by Gasteiger charge is -2.07. The number of fused-ring (bicyclic) bond motifs is 1. The molecule has 5 N–H and O–H groups in total. The molecule has 0 aliphatic carbocycles. The summed E-state index contributed by atoms with van der Waals surface area (Å²) < 4.78 is 0. The third-order valence-electron chi connectivity index (χ3n) is 2.90. The minimum absolute atomic E-state index is 0.177. The highest BCUT2D eigenvalue weighted by Gasteiger charge is 2.10. The van der Waals surface area contributed by atoms with Crippen LogP contribution in [0.5, 0.6) is 0 Å². The molecule has 3 rings (SSSR count). The van der Waals surface area contributed by atoms with Crippen LogP contribution in [0.4, 0.5) is 11.5 Å². The van der Waals surface area contributed by atoms with Gasteiger partial charge in [0.1, 0.15) is 11.9 Å². The predicted octanol–water partition coefficient (Wildman–Crippen LogP) is 1.66. The Morgan fingerprint density at radius 1 is 1.21 bits per heavy atom. The van der Waals surface area contributed by atoms with E-state index in [9.17, 15) is 0 Å². The highest BCUT2D eigenvalue weighted by Crippen LogP contribution is 2.28. The van der Waals surface area contributed by atoms with Crippen LogP contribution >= 0.6 is 0 Å². The minimum Gasteiger partial charge on any atom is -0.397 e. The Kier molecular flexibility index (Phi) is 2.32. The standard InChI is InChI=1S/C13H10N6/c14-5-8-3-9(15)12(19-13(8)16)7-1-2-10-11(4-7)18-6-17-10/h1-4,6H,15H2,(H2,16,19)(H,17,18). The molecule has 0 aliphatic heterocycles. The molecule has 0 aliphatic rings. The Balaban J connectivity index is 2.21. The van der Waals surface area contributed by atoms with Gasteiger partial charge in [-0.25, -0.2) is 9.97 Å². The van der Waals surface area contributed by atoms with Crippen molar-refractivity contribution in [2.24, 2.45) is 0 Å². The zero-order valence-electron chi connectivity index (χ0n) is 9.88. The van der Waals surface area contributed by atoms with Gasteiger partial charge >= 0.3 is 0 Å². The van der Waals surface area contributed by atoms with Crippen molar-refractivity contribution in [1.29, 1.82) is 5.26 Å². The van der Waals surface area contributed by atoms with Crippen LogP contribution in [0.2, 0.25) is 0 Å². The lowest BCUT2D eigenvalue weighted by Crippen LogP contribution is -2.01. The number of nitrogens with one attached hydrogen (secondary N) is 1. The lowest BCUT2D eigenvalue weighted by molar-refractivity contribution is 1.31. The Morgan fingerprint density at radius 3 is 2.84 bits per heavy atom. The molecule has 0 saturated carbocycles. The van der Waals surface area contributed by atoms with Gasteiger partial charge in [-0.15, -0.1) is 0 Å². The van der Waals surface area contributed by atoms with E-state index in [4.69, 9.17) is 16.7 Å². The zero-order chi connectivity index (χ0) is 13.4. The lowest BCUT2D eigenvalue weighted by atomic mass is 10.1. The molecule has 0 fully saturated rings. The molecule has 1 aromatic carbocycles. The maximum atomic E-state index is 8.88. The van der Waals surface area contributed by atoms with Gasteiger partial charge in [-0.2, -0.15) is 5.26 Å². The number of nitrogens with zero attached hydrogens (tertiary/aromatic N) is 3. The van der Waals surface area contributed by atoms with E-state index in [2.05, 4.69) is 15.0 Å². The van der Waals surface area contributed by atoms with Crippen LogP contribution in [0.15, 0.2) is 30.6 Å². The number of aromatic amines is 1. The third kappa shape index (κ3) is 1.73. The minimum atomic E-state index is 0.177. The molecule has 0 amide bonds. The fraction of sp³-hybridized carbons (Fsp3) is 0. The van der Waals surface area contributed by atoms with Gasteiger partial charge in [-0.3, -0.25) is 0 Å². The highest BCUT2D eigenvalue weighted by molar-refractivity contribution is 5.84. The Hall–Kier alpha value is -3.07. The molecular formula is C13H10N6.